The highest BCUT2D eigenvalue weighted by atomic mass is 32.2. The van der Waals surface area contributed by atoms with Gasteiger partial charge in [-0.25, -0.2) is 13.1 Å². The molecule has 0 amide bonds. The van der Waals surface area contributed by atoms with Crippen LogP contribution in [0.2, 0.25) is 0 Å². The van der Waals surface area contributed by atoms with E-state index in [4.69, 9.17) is 4.52 Å². The maximum Gasteiger partial charge on any atom is 0.227 e. The van der Waals surface area contributed by atoms with Crippen molar-refractivity contribution >= 4 is 16.0 Å². The molecule has 0 saturated carbocycles. The maximum absolute atomic E-state index is 11.5. The summed E-state index contributed by atoms with van der Waals surface area (Å²) in [5, 5.41) is 13.0. The number of hydrogen-bond acceptors (Lipinski definition) is 7. The molecule has 1 aliphatic rings. The first kappa shape index (κ1) is 20.8. The second-order valence-electron chi connectivity index (χ2n) is 8.82. The fraction of sp³-hybridized carbons (Fsp3) is 0.722. The van der Waals surface area contributed by atoms with Gasteiger partial charge < -0.3 is 9.42 Å². The van der Waals surface area contributed by atoms with Crippen molar-refractivity contribution in [2.45, 2.75) is 59.5 Å². The van der Waals surface area contributed by atoms with Crippen LogP contribution in [0.4, 0.5) is 5.95 Å². The zero-order chi connectivity index (χ0) is 20.5. The Labute approximate surface area is 166 Å². The molecule has 0 atom stereocenters. The molecule has 28 heavy (non-hydrogen) atoms. The van der Waals surface area contributed by atoms with Crippen molar-refractivity contribution in [2.75, 3.05) is 24.2 Å². The topological polar surface area (TPSA) is 106 Å². The third-order valence-electron chi connectivity index (χ3n) is 4.65. The second-order valence-corrected chi connectivity index (χ2v) is 10.6. The Bertz CT molecular complexity index is 904. The van der Waals surface area contributed by atoms with Crippen molar-refractivity contribution < 1.29 is 12.9 Å². The SMILES string of the molecule is Cc1cc(Cn2c(CC(C)(C)C)nnc2N2CCC(NS(C)(=O)=O)CC2)no1. The van der Waals surface area contributed by atoms with Crippen LogP contribution in [-0.4, -0.2) is 53.7 Å². The van der Waals surface area contributed by atoms with E-state index in [1.807, 2.05) is 13.0 Å². The summed E-state index contributed by atoms with van der Waals surface area (Å²) in [6.45, 7) is 10.4. The zero-order valence-electron chi connectivity index (χ0n) is 17.3. The van der Waals surface area contributed by atoms with Gasteiger partial charge in [0.1, 0.15) is 17.3 Å². The van der Waals surface area contributed by atoms with Crippen LogP contribution in [0, 0.1) is 12.3 Å². The lowest BCUT2D eigenvalue weighted by Crippen LogP contribution is -2.45. The summed E-state index contributed by atoms with van der Waals surface area (Å²) in [7, 11) is -3.19. The fourth-order valence-corrected chi connectivity index (χ4v) is 4.32. The van der Waals surface area contributed by atoms with E-state index in [0.29, 0.717) is 6.54 Å². The number of hydrogen-bond donors (Lipinski definition) is 1. The van der Waals surface area contributed by atoms with Crippen molar-refractivity contribution in [1.82, 2.24) is 24.6 Å². The van der Waals surface area contributed by atoms with Crippen LogP contribution >= 0.6 is 0 Å². The molecule has 2 aromatic rings. The minimum absolute atomic E-state index is 0.0325. The van der Waals surface area contributed by atoms with Crippen LogP contribution in [0.1, 0.15) is 50.9 Å². The number of rotatable bonds is 6. The van der Waals surface area contributed by atoms with Crippen molar-refractivity contribution in [3.63, 3.8) is 0 Å². The Hall–Kier alpha value is -1.94. The molecule has 156 valence electrons. The number of aromatic nitrogens is 4. The van der Waals surface area contributed by atoms with E-state index < -0.39 is 10.0 Å². The van der Waals surface area contributed by atoms with Gasteiger partial charge in [0.05, 0.1) is 12.8 Å². The van der Waals surface area contributed by atoms with E-state index in [2.05, 4.69) is 50.3 Å². The highest BCUT2D eigenvalue weighted by molar-refractivity contribution is 7.88. The first-order chi connectivity index (χ1) is 13.0. The predicted molar refractivity (Wildman–Crippen MR) is 107 cm³/mol. The van der Waals surface area contributed by atoms with Gasteiger partial charge in [0, 0.05) is 31.6 Å². The highest BCUT2D eigenvalue weighted by Crippen LogP contribution is 2.25. The zero-order valence-corrected chi connectivity index (χ0v) is 18.1. The van der Waals surface area contributed by atoms with Crippen molar-refractivity contribution in [3.8, 4) is 0 Å². The molecule has 3 rings (SSSR count). The smallest absolute Gasteiger partial charge is 0.227 e. The number of aryl methyl sites for hydroxylation is 1. The van der Waals surface area contributed by atoms with Gasteiger partial charge in [0.25, 0.3) is 0 Å². The molecule has 3 heterocycles. The quantitative estimate of drug-likeness (QED) is 0.773. The number of nitrogens with zero attached hydrogens (tertiary/aromatic N) is 5. The molecule has 0 unspecified atom stereocenters. The Morgan fingerprint density at radius 1 is 1.25 bits per heavy atom. The lowest BCUT2D eigenvalue weighted by Gasteiger charge is -2.32. The molecule has 0 aromatic carbocycles. The molecule has 2 aromatic heterocycles. The van der Waals surface area contributed by atoms with Gasteiger partial charge in [0.2, 0.25) is 16.0 Å². The van der Waals surface area contributed by atoms with Crippen LogP contribution < -0.4 is 9.62 Å². The van der Waals surface area contributed by atoms with Gasteiger partial charge in [-0.3, -0.25) is 4.57 Å². The Morgan fingerprint density at radius 2 is 1.93 bits per heavy atom. The summed E-state index contributed by atoms with van der Waals surface area (Å²) in [5.74, 6) is 2.49. The van der Waals surface area contributed by atoms with E-state index in [1.165, 1.54) is 6.26 Å². The van der Waals surface area contributed by atoms with Crippen LogP contribution in [0.25, 0.3) is 0 Å². The van der Waals surface area contributed by atoms with Gasteiger partial charge in [-0.15, -0.1) is 10.2 Å². The van der Waals surface area contributed by atoms with E-state index in [9.17, 15) is 8.42 Å². The molecule has 1 N–H and O–H groups in total. The summed E-state index contributed by atoms with van der Waals surface area (Å²) >= 11 is 0. The molecular weight excluding hydrogens is 380 g/mol. The summed E-state index contributed by atoms with van der Waals surface area (Å²) in [5.41, 5.74) is 0.913. The number of sulfonamides is 1. The predicted octanol–water partition coefficient (Wildman–Crippen LogP) is 1.73. The Balaban J connectivity index is 1.80. The van der Waals surface area contributed by atoms with Gasteiger partial charge in [-0.2, -0.15) is 0 Å². The summed E-state index contributed by atoms with van der Waals surface area (Å²) in [6, 6.07) is 1.89. The van der Waals surface area contributed by atoms with Crippen LogP contribution in [0.3, 0.4) is 0 Å². The van der Waals surface area contributed by atoms with Gasteiger partial charge in [-0.1, -0.05) is 25.9 Å². The highest BCUT2D eigenvalue weighted by Gasteiger charge is 2.27. The third-order valence-corrected chi connectivity index (χ3v) is 5.41. The van der Waals surface area contributed by atoms with Crippen molar-refractivity contribution in [3.05, 3.63) is 23.3 Å². The molecule has 10 heteroatoms. The van der Waals surface area contributed by atoms with Crippen molar-refractivity contribution in [1.29, 1.82) is 0 Å². The maximum atomic E-state index is 11.5. The molecular formula is C18H30N6O3S. The summed E-state index contributed by atoms with van der Waals surface area (Å²) in [4.78, 5) is 2.17. The molecule has 1 aliphatic heterocycles. The molecule has 1 saturated heterocycles. The summed E-state index contributed by atoms with van der Waals surface area (Å²) < 4.78 is 33.0. The first-order valence-electron chi connectivity index (χ1n) is 9.57. The monoisotopic (exact) mass is 410 g/mol. The number of anilines is 1. The van der Waals surface area contributed by atoms with Crippen molar-refractivity contribution in [2.24, 2.45) is 5.41 Å². The van der Waals surface area contributed by atoms with E-state index >= 15 is 0 Å². The molecule has 0 radical (unpaired) electrons. The third kappa shape index (κ3) is 5.54. The molecule has 0 aliphatic carbocycles. The second kappa shape index (κ2) is 7.82. The average Bonchev–Trinajstić information content (AvgIpc) is 3.13. The number of nitrogens with one attached hydrogen (secondary N) is 1. The van der Waals surface area contributed by atoms with Crippen LogP contribution in [0.5, 0.6) is 0 Å². The molecule has 9 nitrogen and oxygen atoms in total. The van der Waals surface area contributed by atoms with Crippen LogP contribution in [0.15, 0.2) is 10.6 Å². The molecule has 0 spiro atoms. The van der Waals surface area contributed by atoms with Gasteiger partial charge in [-0.05, 0) is 25.2 Å². The molecule has 0 bridgehead atoms. The largest absolute Gasteiger partial charge is 0.361 e. The standard InChI is InChI=1S/C18H30N6O3S/c1-13-10-15(21-27-13)12-24-16(11-18(2,3)4)19-20-17(24)23-8-6-14(7-9-23)22-28(5,25)26/h10,14,22H,6-9,11-12H2,1-5H3. The van der Waals surface area contributed by atoms with Crippen LogP contribution in [-0.2, 0) is 23.0 Å². The Kier molecular flexibility index (Phi) is 5.81. The van der Waals surface area contributed by atoms with E-state index in [0.717, 1.165) is 55.6 Å². The average molecular weight is 411 g/mol. The normalized spacial score (nSPS) is 16.7. The lowest BCUT2D eigenvalue weighted by atomic mass is 9.92. The fourth-order valence-electron chi connectivity index (χ4n) is 3.48. The minimum Gasteiger partial charge on any atom is -0.361 e. The number of piperidine rings is 1. The Morgan fingerprint density at radius 3 is 2.46 bits per heavy atom. The van der Waals surface area contributed by atoms with Gasteiger partial charge in [0.15, 0.2) is 0 Å². The first-order valence-corrected chi connectivity index (χ1v) is 11.5. The van der Waals surface area contributed by atoms with E-state index in [1.54, 1.807) is 0 Å². The van der Waals surface area contributed by atoms with Gasteiger partial charge >= 0.3 is 0 Å². The minimum atomic E-state index is -3.19. The summed E-state index contributed by atoms with van der Waals surface area (Å²) in [6.07, 6.45) is 3.47. The lowest BCUT2D eigenvalue weighted by molar-refractivity contribution is 0.381. The molecule has 1 fully saturated rings. The van der Waals surface area contributed by atoms with E-state index in [-0.39, 0.29) is 11.5 Å².